The van der Waals surface area contributed by atoms with Crippen molar-refractivity contribution in [3.05, 3.63) is 47.5 Å². The number of phenols is 2. The van der Waals surface area contributed by atoms with Crippen LogP contribution in [-0.4, -0.2) is 10.2 Å². The fraction of sp³-hybridized carbons (Fsp3) is 0.250. The van der Waals surface area contributed by atoms with Crippen LogP contribution in [0.2, 0.25) is 0 Å². The van der Waals surface area contributed by atoms with Crippen LogP contribution in [0.5, 0.6) is 11.5 Å². The molecular formula is C16H18O2. The van der Waals surface area contributed by atoms with Gasteiger partial charge in [0, 0.05) is 5.56 Å². The van der Waals surface area contributed by atoms with Crippen LogP contribution in [0.1, 0.15) is 25.0 Å². The first-order chi connectivity index (χ1) is 8.67. The lowest BCUT2D eigenvalue weighted by atomic mass is 9.98. The minimum atomic E-state index is 0.288. The van der Waals surface area contributed by atoms with Crippen LogP contribution in [0, 0.1) is 0 Å². The maximum atomic E-state index is 10.2. The monoisotopic (exact) mass is 242 g/mol. The van der Waals surface area contributed by atoms with Crippen LogP contribution in [0.25, 0.3) is 11.1 Å². The minimum absolute atomic E-state index is 0.288. The Labute approximate surface area is 108 Å². The second kappa shape index (κ2) is 5.13. The molecule has 0 unspecified atom stereocenters. The predicted molar refractivity (Wildman–Crippen MR) is 74.0 cm³/mol. The van der Waals surface area contributed by atoms with E-state index in [0.717, 1.165) is 35.1 Å². The summed E-state index contributed by atoms with van der Waals surface area (Å²) in [6.45, 7) is 4.01. The molecule has 2 heteroatoms. The van der Waals surface area contributed by atoms with E-state index in [-0.39, 0.29) is 5.75 Å². The second-order valence-corrected chi connectivity index (χ2v) is 4.36. The molecule has 0 aliphatic carbocycles. The fourth-order valence-corrected chi connectivity index (χ4v) is 2.14. The van der Waals surface area contributed by atoms with Crippen molar-refractivity contribution in [3.63, 3.8) is 0 Å². The quantitative estimate of drug-likeness (QED) is 0.857. The first kappa shape index (κ1) is 12.5. The van der Waals surface area contributed by atoms with Crippen molar-refractivity contribution in [1.82, 2.24) is 0 Å². The Morgan fingerprint density at radius 3 is 2.22 bits per heavy atom. The molecular weight excluding hydrogens is 224 g/mol. The topological polar surface area (TPSA) is 40.5 Å². The van der Waals surface area contributed by atoms with Crippen molar-refractivity contribution in [1.29, 1.82) is 0 Å². The molecule has 2 rings (SSSR count). The maximum absolute atomic E-state index is 10.2. The third-order valence-corrected chi connectivity index (χ3v) is 3.28. The van der Waals surface area contributed by atoms with Gasteiger partial charge in [-0.1, -0.05) is 44.2 Å². The van der Waals surface area contributed by atoms with E-state index in [1.165, 1.54) is 0 Å². The Kier molecular flexibility index (Phi) is 3.56. The highest BCUT2D eigenvalue weighted by Crippen LogP contribution is 2.34. The molecule has 0 aromatic heterocycles. The SMILES string of the molecule is CCc1ccc(-c2cccc(CC)c2O)cc1O. The van der Waals surface area contributed by atoms with E-state index < -0.39 is 0 Å². The largest absolute Gasteiger partial charge is 0.508 e. The lowest BCUT2D eigenvalue weighted by Crippen LogP contribution is -1.87. The molecule has 0 saturated heterocycles. The molecule has 0 heterocycles. The lowest BCUT2D eigenvalue weighted by molar-refractivity contribution is 0.467. The van der Waals surface area contributed by atoms with Crippen molar-refractivity contribution in [3.8, 4) is 22.6 Å². The molecule has 0 fully saturated rings. The van der Waals surface area contributed by atoms with Gasteiger partial charge in [-0.05, 0) is 35.6 Å². The number of aryl methyl sites for hydroxylation is 2. The molecule has 94 valence electrons. The summed E-state index contributed by atoms with van der Waals surface area (Å²) in [5, 5.41) is 20.1. The van der Waals surface area contributed by atoms with Gasteiger partial charge in [-0.3, -0.25) is 0 Å². The normalized spacial score (nSPS) is 10.6. The molecule has 2 aromatic carbocycles. The van der Waals surface area contributed by atoms with Crippen LogP contribution < -0.4 is 0 Å². The van der Waals surface area contributed by atoms with Gasteiger partial charge in [0.15, 0.2) is 0 Å². The van der Waals surface area contributed by atoms with Gasteiger partial charge in [-0.2, -0.15) is 0 Å². The van der Waals surface area contributed by atoms with Gasteiger partial charge >= 0.3 is 0 Å². The lowest BCUT2D eigenvalue weighted by Gasteiger charge is -2.10. The number of aromatic hydroxyl groups is 2. The molecule has 2 N–H and O–H groups in total. The summed E-state index contributed by atoms with van der Waals surface area (Å²) < 4.78 is 0. The van der Waals surface area contributed by atoms with Gasteiger partial charge in [0.25, 0.3) is 0 Å². The van der Waals surface area contributed by atoms with E-state index in [1.807, 2.05) is 44.2 Å². The highest BCUT2D eigenvalue weighted by molar-refractivity contribution is 5.73. The zero-order chi connectivity index (χ0) is 13.1. The third kappa shape index (κ3) is 2.19. The summed E-state index contributed by atoms with van der Waals surface area (Å²) in [4.78, 5) is 0. The Morgan fingerprint density at radius 1 is 0.889 bits per heavy atom. The van der Waals surface area contributed by atoms with E-state index in [0.29, 0.717) is 5.75 Å². The summed E-state index contributed by atoms with van der Waals surface area (Å²) >= 11 is 0. The molecule has 0 aliphatic heterocycles. The summed E-state index contributed by atoms with van der Waals surface area (Å²) in [7, 11) is 0. The molecule has 0 saturated carbocycles. The Morgan fingerprint density at radius 2 is 1.61 bits per heavy atom. The van der Waals surface area contributed by atoms with Crippen LogP contribution in [0.3, 0.4) is 0 Å². The number of hydrogen-bond acceptors (Lipinski definition) is 2. The molecule has 0 spiro atoms. The molecule has 0 radical (unpaired) electrons. The van der Waals surface area contributed by atoms with E-state index in [1.54, 1.807) is 6.07 Å². The van der Waals surface area contributed by atoms with Crippen LogP contribution >= 0.6 is 0 Å². The zero-order valence-electron chi connectivity index (χ0n) is 10.8. The molecule has 18 heavy (non-hydrogen) atoms. The zero-order valence-corrected chi connectivity index (χ0v) is 10.8. The highest BCUT2D eigenvalue weighted by atomic mass is 16.3. The van der Waals surface area contributed by atoms with E-state index >= 15 is 0 Å². The second-order valence-electron chi connectivity index (χ2n) is 4.36. The van der Waals surface area contributed by atoms with Gasteiger partial charge in [0.1, 0.15) is 11.5 Å². The molecule has 0 bridgehead atoms. The van der Waals surface area contributed by atoms with E-state index in [2.05, 4.69) is 0 Å². The Bertz CT molecular complexity index is 559. The molecule has 2 aromatic rings. The number of phenolic OH excluding ortho intramolecular Hbond substituents is 2. The third-order valence-electron chi connectivity index (χ3n) is 3.28. The molecule has 0 aliphatic rings. The van der Waals surface area contributed by atoms with E-state index in [9.17, 15) is 10.2 Å². The Balaban J connectivity index is 2.52. The smallest absolute Gasteiger partial charge is 0.126 e. The van der Waals surface area contributed by atoms with Gasteiger partial charge in [-0.25, -0.2) is 0 Å². The van der Waals surface area contributed by atoms with Crippen molar-refractivity contribution in [2.75, 3.05) is 0 Å². The first-order valence-electron chi connectivity index (χ1n) is 6.30. The maximum Gasteiger partial charge on any atom is 0.126 e. The number of rotatable bonds is 3. The van der Waals surface area contributed by atoms with Crippen molar-refractivity contribution >= 4 is 0 Å². The summed E-state index contributed by atoms with van der Waals surface area (Å²) in [6, 6.07) is 11.3. The van der Waals surface area contributed by atoms with Gasteiger partial charge in [-0.15, -0.1) is 0 Å². The predicted octanol–water partition coefficient (Wildman–Crippen LogP) is 3.89. The van der Waals surface area contributed by atoms with Crippen LogP contribution in [0.15, 0.2) is 36.4 Å². The summed E-state index contributed by atoms with van der Waals surface area (Å²) in [6.07, 6.45) is 1.59. The highest BCUT2D eigenvalue weighted by Gasteiger charge is 2.09. The van der Waals surface area contributed by atoms with Crippen molar-refractivity contribution in [2.45, 2.75) is 26.7 Å². The number of hydrogen-bond donors (Lipinski definition) is 2. The van der Waals surface area contributed by atoms with E-state index in [4.69, 9.17) is 0 Å². The van der Waals surface area contributed by atoms with Gasteiger partial charge in [0.2, 0.25) is 0 Å². The van der Waals surface area contributed by atoms with Crippen molar-refractivity contribution < 1.29 is 10.2 Å². The Hall–Kier alpha value is -1.96. The van der Waals surface area contributed by atoms with Crippen LogP contribution in [0.4, 0.5) is 0 Å². The minimum Gasteiger partial charge on any atom is -0.508 e. The molecule has 2 nitrogen and oxygen atoms in total. The average molecular weight is 242 g/mol. The average Bonchev–Trinajstić information content (AvgIpc) is 2.39. The number of benzene rings is 2. The molecule has 0 atom stereocenters. The van der Waals surface area contributed by atoms with Gasteiger partial charge < -0.3 is 10.2 Å². The number of para-hydroxylation sites is 1. The van der Waals surface area contributed by atoms with Gasteiger partial charge in [0.05, 0.1) is 0 Å². The fourth-order valence-electron chi connectivity index (χ4n) is 2.14. The standard InChI is InChI=1S/C16H18O2/c1-3-11-8-9-13(10-15(11)17)14-7-5-6-12(4-2)16(14)18/h5-10,17-18H,3-4H2,1-2H3. The summed E-state index contributed by atoms with van der Waals surface area (Å²) in [5.41, 5.74) is 3.46. The molecule has 0 amide bonds. The summed E-state index contributed by atoms with van der Waals surface area (Å²) in [5.74, 6) is 0.597. The first-order valence-corrected chi connectivity index (χ1v) is 6.30. The van der Waals surface area contributed by atoms with Crippen LogP contribution in [-0.2, 0) is 12.8 Å². The van der Waals surface area contributed by atoms with Crippen molar-refractivity contribution in [2.24, 2.45) is 0 Å².